The van der Waals surface area contributed by atoms with E-state index in [1.807, 2.05) is 12.4 Å². The zero-order valence-electron chi connectivity index (χ0n) is 43.0. The molecular weight excluding hydrogens is 809 g/mol. The second-order valence-electron chi connectivity index (χ2n) is 23.1. The van der Waals surface area contributed by atoms with Crippen LogP contribution in [-0.2, 0) is 21.7 Å². The maximum atomic E-state index is 4.34. The maximum absolute atomic E-state index is 4.34. The highest BCUT2D eigenvalue weighted by Gasteiger charge is 2.55. The Kier molecular flexibility index (Phi) is 13.0. The number of likely N-dealkylation sites (tertiary alicyclic amines) is 1. The van der Waals surface area contributed by atoms with E-state index in [-0.39, 0.29) is 32.5 Å². The van der Waals surface area contributed by atoms with Gasteiger partial charge in [0, 0.05) is 23.2 Å². The summed E-state index contributed by atoms with van der Waals surface area (Å²) in [6.45, 7) is 30.9. The highest BCUT2D eigenvalue weighted by atomic mass is 15.1. The van der Waals surface area contributed by atoms with Crippen LogP contribution in [0.4, 0.5) is 0 Å². The van der Waals surface area contributed by atoms with Gasteiger partial charge in [0.05, 0.1) is 0 Å². The van der Waals surface area contributed by atoms with Crippen LogP contribution >= 0.6 is 0 Å². The van der Waals surface area contributed by atoms with Crippen molar-refractivity contribution in [3.63, 3.8) is 0 Å². The van der Waals surface area contributed by atoms with Crippen LogP contribution in [0.25, 0.3) is 44.5 Å². The summed E-state index contributed by atoms with van der Waals surface area (Å²) in [5.74, 6) is 0.489. The number of hydrogen-bond acceptors (Lipinski definition) is 2. The van der Waals surface area contributed by atoms with Gasteiger partial charge in [0.2, 0.25) is 0 Å². The Hall–Kier alpha value is -5.57. The minimum Gasteiger partial charge on any atom is -0.306 e. The number of benzene rings is 6. The second-order valence-corrected chi connectivity index (χ2v) is 23.1. The van der Waals surface area contributed by atoms with Gasteiger partial charge in [-0.1, -0.05) is 229 Å². The van der Waals surface area contributed by atoms with E-state index in [1.54, 1.807) is 0 Å². The lowest BCUT2D eigenvalue weighted by Gasteiger charge is -2.58. The van der Waals surface area contributed by atoms with Gasteiger partial charge in [-0.3, -0.25) is 4.98 Å². The van der Waals surface area contributed by atoms with Crippen molar-refractivity contribution in [3.05, 3.63) is 198 Å². The van der Waals surface area contributed by atoms with Gasteiger partial charge >= 0.3 is 0 Å². The van der Waals surface area contributed by atoms with Crippen molar-refractivity contribution in [2.24, 2.45) is 16.7 Å². The minimum absolute atomic E-state index is 0.0135. The lowest BCUT2D eigenvalue weighted by Crippen LogP contribution is -2.56. The van der Waals surface area contributed by atoms with Gasteiger partial charge in [-0.25, -0.2) is 0 Å². The molecule has 0 radical (unpaired) electrons. The SMILES string of the molecule is CC(C)C(C)(C)C(C)(c1ccncc1)c1ccc(-c2ccc(-c3ccc(C(C)(C)C(C)(C)C4(c5ccc(-c6ccc(-c7ccc(C(C)(C)C)cc7)cc6)cc5)CCN(C)CC4)cc3)cc2)cc1. The van der Waals surface area contributed by atoms with Crippen molar-refractivity contribution in [2.75, 3.05) is 20.1 Å². The standard InChI is InChI=1S/C65H76N2/c1-46(2)61(6,7)64(12,58-38-42-66-43-39-58)57-34-26-53(27-35-57)49-18-16-48(17-19-49)52-24-32-56(33-25-52)62(8,9)63(10,11)65(40-44-67(13)45-41-65)59-36-28-54(29-37-59)50-20-14-47(15-21-50)51-22-30-55(31-23-51)60(3,4)5/h14-39,42-43,46H,40-41,44-45H2,1-13H3. The molecule has 6 aromatic carbocycles. The number of hydrogen-bond donors (Lipinski definition) is 0. The van der Waals surface area contributed by atoms with E-state index in [9.17, 15) is 0 Å². The third-order valence-corrected chi connectivity index (χ3v) is 17.9. The summed E-state index contributed by atoms with van der Waals surface area (Å²) in [4.78, 5) is 6.85. The number of piperidine rings is 1. The summed E-state index contributed by atoms with van der Waals surface area (Å²) in [7, 11) is 2.28. The molecule has 0 spiro atoms. The van der Waals surface area contributed by atoms with E-state index >= 15 is 0 Å². The summed E-state index contributed by atoms with van der Waals surface area (Å²) in [5.41, 5.74) is 16.7. The molecule has 1 atom stereocenters. The number of nitrogens with zero attached hydrogens (tertiary/aromatic N) is 2. The van der Waals surface area contributed by atoms with Gasteiger partial charge in [0.1, 0.15) is 0 Å². The average molecular weight is 885 g/mol. The van der Waals surface area contributed by atoms with E-state index in [2.05, 4.69) is 258 Å². The molecule has 67 heavy (non-hydrogen) atoms. The number of rotatable bonds is 12. The fraction of sp³-hybridized carbons (Fsp3) is 0.369. The maximum Gasteiger partial charge on any atom is 0.0270 e. The van der Waals surface area contributed by atoms with Gasteiger partial charge in [-0.15, -0.1) is 0 Å². The van der Waals surface area contributed by atoms with Crippen molar-refractivity contribution >= 4 is 0 Å². The summed E-state index contributed by atoms with van der Waals surface area (Å²) in [6.07, 6.45) is 6.12. The van der Waals surface area contributed by atoms with Gasteiger partial charge in [-0.05, 0) is 145 Å². The normalized spacial score (nSPS) is 15.9. The molecule has 0 N–H and O–H groups in total. The summed E-state index contributed by atoms with van der Waals surface area (Å²) >= 11 is 0. The molecule has 0 amide bonds. The van der Waals surface area contributed by atoms with Gasteiger partial charge in [0.25, 0.3) is 0 Å². The first-order valence-corrected chi connectivity index (χ1v) is 24.9. The Morgan fingerprint density at radius 2 is 0.731 bits per heavy atom. The Labute approximate surface area is 405 Å². The molecule has 346 valence electrons. The number of pyridine rings is 1. The molecule has 7 aromatic rings. The molecule has 1 fully saturated rings. The zero-order chi connectivity index (χ0) is 48.0. The topological polar surface area (TPSA) is 16.1 Å². The predicted molar refractivity (Wildman–Crippen MR) is 288 cm³/mol. The first-order valence-electron chi connectivity index (χ1n) is 24.9. The Morgan fingerprint density at radius 1 is 0.418 bits per heavy atom. The van der Waals surface area contributed by atoms with E-state index in [0.717, 1.165) is 25.9 Å². The van der Waals surface area contributed by atoms with Crippen LogP contribution in [-0.4, -0.2) is 30.0 Å². The van der Waals surface area contributed by atoms with Crippen LogP contribution in [0.3, 0.4) is 0 Å². The molecule has 1 aliphatic rings. The first-order chi connectivity index (χ1) is 31.7. The monoisotopic (exact) mass is 885 g/mol. The van der Waals surface area contributed by atoms with Crippen LogP contribution in [0.5, 0.6) is 0 Å². The van der Waals surface area contributed by atoms with Gasteiger partial charge in [0.15, 0.2) is 0 Å². The zero-order valence-corrected chi connectivity index (χ0v) is 43.0. The van der Waals surface area contributed by atoms with Crippen LogP contribution < -0.4 is 0 Å². The van der Waals surface area contributed by atoms with Crippen LogP contribution in [0.2, 0.25) is 0 Å². The average Bonchev–Trinajstić information content (AvgIpc) is 3.34. The van der Waals surface area contributed by atoms with Crippen LogP contribution in [0.1, 0.15) is 124 Å². The quantitative estimate of drug-likeness (QED) is 0.122. The molecule has 1 saturated heterocycles. The lowest BCUT2D eigenvalue weighted by molar-refractivity contribution is 0.0172. The second kappa shape index (κ2) is 18.2. The van der Waals surface area contributed by atoms with Crippen molar-refractivity contribution in [1.29, 1.82) is 0 Å². The molecule has 1 aromatic heterocycles. The molecular formula is C65H76N2. The summed E-state index contributed by atoms with van der Waals surface area (Å²) in [6, 6.07) is 60.1. The minimum atomic E-state index is -0.170. The van der Waals surface area contributed by atoms with Crippen molar-refractivity contribution < 1.29 is 0 Å². The van der Waals surface area contributed by atoms with E-state index < -0.39 is 0 Å². The van der Waals surface area contributed by atoms with Crippen LogP contribution in [0, 0.1) is 16.7 Å². The molecule has 0 bridgehead atoms. The Balaban J connectivity index is 1.00. The van der Waals surface area contributed by atoms with E-state index in [4.69, 9.17) is 0 Å². The van der Waals surface area contributed by atoms with E-state index in [0.29, 0.717) is 5.92 Å². The fourth-order valence-electron chi connectivity index (χ4n) is 11.3. The largest absolute Gasteiger partial charge is 0.306 e. The molecule has 1 aliphatic heterocycles. The highest BCUT2D eigenvalue weighted by molar-refractivity contribution is 5.72. The smallest absolute Gasteiger partial charge is 0.0270 e. The van der Waals surface area contributed by atoms with E-state index in [1.165, 1.54) is 72.3 Å². The molecule has 0 aliphatic carbocycles. The molecule has 8 rings (SSSR count). The Morgan fingerprint density at radius 3 is 1.09 bits per heavy atom. The third-order valence-electron chi connectivity index (χ3n) is 17.9. The lowest BCUT2D eigenvalue weighted by atomic mass is 9.47. The van der Waals surface area contributed by atoms with Crippen molar-refractivity contribution in [2.45, 2.75) is 118 Å². The fourth-order valence-corrected chi connectivity index (χ4v) is 11.3. The van der Waals surface area contributed by atoms with Gasteiger partial charge in [-0.2, -0.15) is 0 Å². The molecule has 2 heteroatoms. The first kappa shape index (κ1) is 47.9. The van der Waals surface area contributed by atoms with Crippen molar-refractivity contribution in [1.82, 2.24) is 9.88 Å². The highest BCUT2D eigenvalue weighted by Crippen LogP contribution is 2.58. The molecule has 0 saturated carbocycles. The summed E-state index contributed by atoms with van der Waals surface area (Å²) < 4.78 is 0. The summed E-state index contributed by atoms with van der Waals surface area (Å²) in [5, 5.41) is 0. The predicted octanol–water partition coefficient (Wildman–Crippen LogP) is 17.0. The Bertz CT molecular complexity index is 2720. The molecule has 1 unspecified atom stereocenters. The van der Waals surface area contributed by atoms with Gasteiger partial charge < -0.3 is 4.90 Å². The third kappa shape index (κ3) is 8.76. The van der Waals surface area contributed by atoms with Crippen LogP contribution in [0.15, 0.2) is 170 Å². The van der Waals surface area contributed by atoms with Crippen molar-refractivity contribution in [3.8, 4) is 44.5 Å². The number of aromatic nitrogens is 1. The molecule has 2 heterocycles. The molecule has 2 nitrogen and oxygen atoms in total.